The van der Waals surface area contributed by atoms with E-state index < -0.39 is 84.3 Å². The zero-order valence-electron chi connectivity index (χ0n) is 24.0. The summed E-state index contributed by atoms with van der Waals surface area (Å²) < 4.78 is 48.2. The van der Waals surface area contributed by atoms with Crippen LogP contribution in [0, 0.1) is 6.92 Å². The predicted octanol–water partition coefficient (Wildman–Crippen LogP) is 3.28. The molecule has 11 nitrogen and oxygen atoms in total. The van der Waals surface area contributed by atoms with E-state index >= 15 is 0 Å². The number of esters is 3. The molecule has 0 saturated carbocycles. The fourth-order valence-electron chi connectivity index (χ4n) is 5.18. The van der Waals surface area contributed by atoms with Crippen LogP contribution >= 0.6 is 11.8 Å². The SMILES string of the molecule is CC(=O)O[C@@H]1[C@@H](O[C@@H]2O[C@@H](C)[C@H](OC(C)=O)[C@H]3OC(C)(C)O[C@@H]23)[C@@H](OC(C)=O)[C@H](Sc2ccc(C)cc2)O[C@H]1C. The van der Waals surface area contributed by atoms with Crippen molar-refractivity contribution in [2.75, 3.05) is 0 Å². The highest BCUT2D eigenvalue weighted by Crippen LogP contribution is 2.42. The number of hydrogen-bond acceptors (Lipinski definition) is 12. The molecule has 0 spiro atoms. The Bertz CT molecular complexity index is 1080. The first-order chi connectivity index (χ1) is 18.7. The largest absolute Gasteiger partial charge is 0.457 e. The van der Waals surface area contributed by atoms with Crippen molar-refractivity contribution in [3.05, 3.63) is 29.8 Å². The molecule has 3 fully saturated rings. The molecule has 10 atom stereocenters. The lowest BCUT2D eigenvalue weighted by atomic mass is 9.97. The molecular formula is C28H38O11S. The van der Waals surface area contributed by atoms with E-state index in [0.717, 1.165) is 10.5 Å². The number of fused-ring (bicyclic) bond motifs is 1. The van der Waals surface area contributed by atoms with Gasteiger partial charge in [-0.15, -0.1) is 0 Å². The van der Waals surface area contributed by atoms with Crippen molar-refractivity contribution in [2.45, 2.75) is 127 Å². The summed E-state index contributed by atoms with van der Waals surface area (Å²) in [7, 11) is 0. The molecule has 4 rings (SSSR count). The summed E-state index contributed by atoms with van der Waals surface area (Å²) >= 11 is 1.37. The monoisotopic (exact) mass is 582 g/mol. The first-order valence-corrected chi connectivity index (χ1v) is 14.2. The maximum Gasteiger partial charge on any atom is 0.303 e. The number of benzene rings is 1. The summed E-state index contributed by atoms with van der Waals surface area (Å²) in [6.45, 7) is 12.9. The van der Waals surface area contributed by atoms with Crippen LogP contribution in [-0.4, -0.2) is 84.3 Å². The van der Waals surface area contributed by atoms with Crippen molar-refractivity contribution < 1.29 is 52.3 Å². The van der Waals surface area contributed by atoms with E-state index in [-0.39, 0.29) is 0 Å². The predicted molar refractivity (Wildman–Crippen MR) is 141 cm³/mol. The maximum absolute atomic E-state index is 12.3. The minimum atomic E-state index is -1.04. The van der Waals surface area contributed by atoms with E-state index in [1.165, 1.54) is 32.5 Å². The molecule has 3 saturated heterocycles. The second-order valence-corrected chi connectivity index (χ2v) is 11.9. The molecule has 0 radical (unpaired) electrons. The molecule has 1 aromatic rings. The topological polar surface area (TPSA) is 125 Å². The molecule has 1 aromatic carbocycles. The van der Waals surface area contributed by atoms with Crippen LogP contribution in [-0.2, 0) is 52.3 Å². The highest BCUT2D eigenvalue weighted by molar-refractivity contribution is 7.99. The van der Waals surface area contributed by atoms with Crippen LogP contribution in [0.2, 0.25) is 0 Å². The van der Waals surface area contributed by atoms with Gasteiger partial charge in [0, 0.05) is 25.7 Å². The minimum Gasteiger partial charge on any atom is -0.457 e. The summed E-state index contributed by atoms with van der Waals surface area (Å²) in [4.78, 5) is 37.1. The van der Waals surface area contributed by atoms with E-state index in [0.29, 0.717) is 0 Å². The molecule has 0 N–H and O–H groups in total. The van der Waals surface area contributed by atoms with Crippen LogP contribution in [0.3, 0.4) is 0 Å². The summed E-state index contributed by atoms with van der Waals surface area (Å²) in [5.41, 5.74) is 0.406. The number of carbonyl (C=O) groups is 3. The third kappa shape index (κ3) is 7.15. The average molecular weight is 583 g/mol. The molecule has 3 heterocycles. The molecule has 0 bridgehead atoms. The molecule has 222 valence electrons. The molecule has 40 heavy (non-hydrogen) atoms. The van der Waals surface area contributed by atoms with Gasteiger partial charge in [0.25, 0.3) is 0 Å². The molecule has 0 aromatic heterocycles. The van der Waals surface area contributed by atoms with Gasteiger partial charge in [0.05, 0.1) is 12.2 Å². The van der Waals surface area contributed by atoms with Crippen molar-refractivity contribution in [1.82, 2.24) is 0 Å². The van der Waals surface area contributed by atoms with Crippen molar-refractivity contribution >= 4 is 29.7 Å². The third-order valence-electron chi connectivity index (χ3n) is 6.76. The van der Waals surface area contributed by atoms with Crippen LogP contribution in [0.25, 0.3) is 0 Å². The lowest BCUT2D eigenvalue weighted by Gasteiger charge is -2.47. The summed E-state index contributed by atoms with van der Waals surface area (Å²) in [5.74, 6) is -2.60. The average Bonchev–Trinajstić information content (AvgIpc) is 3.17. The zero-order valence-corrected chi connectivity index (χ0v) is 24.8. The quantitative estimate of drug-likeness (QED) is 0.346. The minimum absolute atomic E-state index is 0.481. The smallest absolute Gasteiger partial charge is 0.303 e. The van der Waals surface area contributed by atoms with Gasteiger partial charge in [0.2, 0.25) is 0 Å². The lowest BCUT2D eigenvalue weighted by molar-refractivity contribution is -0.320. The number of aryl methyl sites for hydroxylation is 1. The van der Waals surface area contributed by atoms with Crippen LogP contribution in [0.5, 0.6) is 0 Å². The van der Waals surface area contributed by atoms with Gasteiger partial charge in [0.15, 0.2) is 30.4 Å². The van der Waals surface area contributed by atoms with Gasteiger partial charge < -0.3 is 37.9 Å². The van der Waals surface area contributed by atoms with E-state index in [9.17, 15) is 14.4 Å². The Kier molecular flexibility index (Phi) is 9.48. The first kappa shape index (κ1) is 30.7. The lowest BCUT2D eigenvalue weighted by Crippen LogP contribution is -2.63. The van der Waals surface area contributed by atoms with Gasteiger partial charge in [-0.3, -0.25) is 14.4 Å². The number of thioether (sulfide) groups is 1. The van der Waals surface area contributed by atoms with E-state index in [4.69, 9.17) is 37.9 Å². The molecule has 0 aliphatic carbocycles. The summed E-state index contributed by atoms with van der Waals surface area (Å²) in [6.07, 6.45) is -7.42. The second-order valence-electron chi connectivity index (χ2n) is 10.7. The first-order valence-electron chi connectivity index (χ1n) is 13.3. The standard InChI is InChI=1S/C28H38O11S/c1-13-9-11-19(12-10-13)40-27-25(36-18(6)31)22(20(15(3)33-27)34-16(4)29)37-26-24-23(38-28(7,8)39-24)21(14(2)32-26)35-17(5)30/h9-12,14-15,20-27H,1-8H3/t14-,15-,20-,21-,22+,23+,24+,25+,26-,27-/m0/s1. The second kappa shape index (κ2) is 12.3. The fraction of sp³-hybridized carbons (Fsp3) is 0.679. The fourth-order valence-corrected chi connectivity index (χ4v) is 6.32. The van der Waals surface area contributed by atoms with Crippen molar-refractivity contribution in [3.8, 4) is 0 Å². The van der Waals surface area contributed by atoms with Crippen molar-refractivity contribution in [3.63, 3.8) is 0 Å². The Hall–Kier alpha value is -2.22. The summed E-state index contributed by atoms with van der Waals surface area (Å²) in [5, 5.41) is 0. The number of rotatable bonds is 7. The Labute approximate surface area is 238 Å². The molecule has 3 aliphatic rings. The molecular weight excluding hydrogens is 544 g/mol. The van der Waals surface area contributed by atoms with Crippen molar-refractivity contribution in [1.29, 1.82) is 0 Å². The Balaban J connectivity index is 1.67. The highest BCUT2D eigenvalue weighted by atomic mass is 32.2. The molecule has 12 heteroatoms. The van der Waals surface area contributed by atoms with Gasteiger partial charge in [-0.1, -0.05) is 29.5 Å². The van der Waals surface area contributed by atoms with Crippen LogP contribution < -0.4 is 0 Å². The van der Waals surface area contributed by atoms with Crippen LogP contribution in [0.1, 0.15) is 54.0 Å². The number of hydrogen-bond donors (Lipinski definition) is 0. The maximum atomic E-state index is 12.3. The van der Waals surface area contributed by atoms with Gasteiger partial charge >= 0.3 is 17.9 Å². The third-order valence-corrected chi connectivity index (χ3v) is 7.92. The van der Waals surface area contributed by atoms with E-state index in [1.54, 1.807) is 27.7 Å². The van der Waals surface area contributed by atoms with Gasteiger partial charge in [-0.05, 0) is 46.8 Å². The van der Waals surface area contributed by atoms with E-state index in [2.05, 4.69) is 0 Å². The van der Waals surface area contributed by atoms with Gasteiger partial charge in [0.1, 0.15) is 23.7 Å². The normalized spacial score (nSPS) is 36.8. The Morgan fingerprint density at radius 2 is 1.27 bits per heavy atom. The zero-order chi connectivity index (χ0) is 29.4. The van der Waals surface area contributed by atoms with Gasteiger partial charge in [-0.2, -0.15) is 0 Å². The molecule has 0 unspecified atom stereocenters. The van der Waals surface area contributed by atoms with E-state index in [1.807, 2.05) is 31.2 Å². The highest BCUT2D eigenvalue weighted by Gasteiger charge is 2.59. The van der Waals surface area contributed by atoms with Crippen LogP contribution in [0.4, 0.5) is 0 Å². The Morgan fingerprint density at radius 1 is 0.750 bits per heavy atom. The number of ether oxygens (including phenoxy) is 8. The molecule has 0 amide bonds. The molecule has 3 aliphatic heterocycles. The number of carbonyl (C=O) groups excluding carboxylic acids is 3. The Morgan fingerprint density at radius 3 is 1.88 bits per heavy atom. The van der Waals surface area contributed by atoms with Crippen LogP contribution in [0.15, 0.2) is 29.2 Å². The van der Waals surface area contributed by atoms with Gasteiger partial charge in [-0.25, -0.2) is 0 Å². The van der Waals surface area contributed by atoms with Crippen molar-refractivity contribution in [2.24, 2.45) is 0 Å². The summed E-state index contributed by atoms with van der Waals surface area (Å²) in [6, 6.07) is 7.84.